The van der Waals surface area contributed by atoms with Gasteiger partial charge in [0.15, 0.2) is 11.0 Å². The average Bonchev–Trinajstić information content (AvgIpc) is 2.88. The Morgan fingerprint density at radius 3 is 2.88 bits per heavy atom. The molecule has 0 aliphatic carbocycles. The minimum atomic E-state index is 0.446. The minimum Gasteiger partial charge on any atom is -0.263 e. The van der Waals surface area contributed by atoms with Crippen molar-refractivity contribution < 1.29 is 0 Å². The zero-order valence-corrected chi connectivity index (χ0v) is 10.9. The van der Waals surface area contributed by atoms with E-state index in [0.717, 1.165) is 21.6 Å². The van der Waals surface area contributed by atoms with Crippen molar-refractivity contribution in [2.45, 2.75) is 6.92 Å². The molecule has 86 valence electrons. The molecule has 0 atom stereocenters. The number of hydrogen-bond acceptors (Lipinski definition) is 4. The average molecular weight is 265 g/mol. The number of nitrogens with zero attached hydrogens (tertiary/aromatic N) is 4. The molecule has 4 nitrogen and oxygen atoms in total. The van der Waals surface area contributed by atoms with E-state index in [1.54, 1.807) is 16.0 Å². The molecular weight excluding hydrogens is 256 g/mol. The maximum atomic E-state index is 6.19. The number of hydrogen-bond donors (Lipinski definition) is 0. The molecule has 0 bridgehead atoms. The van der Waals surface area contributed by atoms with Crippen molar-refractivity contribution in [3.8, 4) is 10.7 Å². The van der Waals surface area contributed by atoms with E-state index in [9.17, 15) is 0 Å². The second-order valence-electron chi connectivity index (χ2n) is 3.72. The lowest BCUT2D eigenvalue weighted by molar-refractivity contribution is 0.782. The predicted octanol–water partition coefficient (Wildman–Crippen LogP) is 3.05. The predicted molar refractivity (Wildman–Crippen MR) is 69.4 cm³/mol. The minimum absolute atomic E-state index is 0.446. The molecule has 0 radical (unpaired) electrons. The summed E-state index contributed by atoms with van der Waals surface area (Å²) in [5.41, 5.74) is 2.46. The maximum Gasteiger partial charge on any atom is 0.171 e. The summed E-state index contributed by atoms with van der Waals surface area (Å²) in [6, 6.07) is 3.95. The Balaban J connectivity index is 2.34. The van der Waals surface area contributed by atoms with E-state index in [1.807, 2.05) is 31.5 Å². The molecule has 0 N–H and O–H groups in total. The van der Waals surface area contributed by atoms with E-state index < -0.39 is 0 Å². The van der Waals surface area contributed by atoms with Crippen LogP contribution in [0.3, 0.4) is 0 Å². The molecule has 0 spiro atoms. The molecule has 6 heteroatoms. The Morgan fingerprint density at radius 2 is 2.18 bits per heavy atom. The van der Waals surface area contributed by atoms with Crippen molar-refractivity contribution in [1.82, 2.24) is 19.7 Å². The van der Waals surface area contributed by atoms with Crippen LogP contribution in [0.1, 0.15) is 5.69 Å². The van der Waals surface area contributed by atoms with Gasteiger partial charge in [-0.15, -0.1) is 11.3 Å². The molecule has 0 amide bonds. The van der Waals surface area contributed by atoms with Crippen molar-refractivity contribution in [1.29, 1.82) is 0 Å². The van der Waals surface area contributed by atoms with Gasteiger partial charge >= 0.3 is 0 Å². The van der Waals surface area contributed by atoms with Crippen LogP contribution in [0.4, 0.5) is 0 Å². The zero-order valence-electron chi connectivity index (χ0n) is 9.31. The first kappa shape index (κ1) is 10.7. The summed E-state index contributed by atoms with van der Waals surface area (Å²) in [5.74, 6) is 0.661. The monoisotopic (exact) mass is 264 g/mol. The standard InChI is InChI=1S/C11H9ClN4S/c1-6-8-9(16(2)15-6)10(12)14-11(13-8)7-4-3-5-17-7/h3-5H,1-2H3. The number of rotatable bonds is 1. The van der Waals surface area contributed by atoms with E-state index in [0.29, 0.717) is 11.0 Å². The van der Waals surface area contributed by atoms with E-state index in [-0.39, 0.29) is 0 Å². The van der Waals surface area contributed by atoms with E-state index in [2.05, 4.69) is 15.1 Å². The second kappa shape index (κ2) is 3.78. The van der Waals surface area contributed by atoms with Gasteiger partial charge in [-0.3, -0.25) is 4.68 Å². The smallest absolute Gasteiger partial charge is 0.171 e. The van der Waals surface area contributed by atoms with Gasteiger partial charge in [0, 0.05) is 7.05 Å². The van der Waals surface area contributed by atoms with E-state index >= 15 is 0 Å². The van der Waals surface area contributed by atoms with Crippen LogP contribution in [0.15, 0.2) is 17.5 Å². The third kappa shape index (κ3) is 1.62. The van der Waals surface area contributed by atoms with Gasteiger partial charge in [0.1, 0.15) is 11.0 Å². The number of thiophene rings is 1. The van der Waals surface area contributed by atoms with Crippen LogP contribution in [0, 0.1) is 6.92 Å². The molecule has 0 fully saturated rings. The number of halogens is 1. The fourth-order valence-corrected chi connectivity index (χ4v) is 2.75. The van der Waals surface area contributed by atoms with Crippen LogP contribution in [0.25, 0.3) is 21.7 Å². The van der Waals surface area contributed by atoms with Gasteiger partial charge in [-0.2, -0.15) is 5.10 Å². The third-order valence-corrected chi connectivity index (χ3v) is 3.68. The Labute approximate surface area is 107 Å². The van der Waals surface area contributed by atoms with Gasteiger partial charge < -0.3 is 0 Å². The first-order chi connectivity index (χ1) is 8.16. The molecule has 0 saturated carbocycles. The van der Waals surface area contributed by atoms with Gasteiger partial charge in [-0.25, -0.2) is 9.97 Å². The number of fused-ring (bicyclic) bond motifs is 1. The molecule has 0 aliphatic heterocycles. The van der Waals surface area contributed by atoms with Crippen molar-refractivity contribution in [2.75, 3.05) is 0 Å². The SMILES string of the molecule is Cc1nn(C)c2c(Cl)nc(-c3cccs3)nc12. The number of aryl methyl sites for hydroxylation is 2. The Bertz CT molecular complexity index is 687. The first-order valence-corrected chi connectivity index (χ1v) is 6.33. The lowest BCUT2D eigenvalue weighted by Gasteiger charge is -2.00. The highest BCUT2D eigenvalue weighted by molar-refractivity contribution is 7.13. The Hall–Kier alpha value is -1.46. The van der Waals surface area contributed by atoms with Crippen molar-refractivity contribution in [3.63, 3.8) is 0 Å². The lowest BCUT2D eigenvalue weighted by Crippen LogP contribution is -1.94. The topological polar surface area (TPSA) is 43.6 Å². The fourth-order valence-electron chi connectivity index (χ4n) is 1.80. The summed E-state index contributed by atoms with van der Waals surface area (Å²) in [4.78, 5) is 9.86. The number of aromatic nitrogens is 4. The normalized spacial score (nSPS) is 11.2. The van der Waals surface area contributed by atoms with Crippen LogP contribution < -0.4 is 0 Å². The quantitative estimate of drug-likeness (QED) is 0.635. The molecule has 3 rings (SSSR count). The summed E-state index contributed by atoms with van der Waals surface area (Å²) in [7, 11) is 1.84. The molecule has 17 heavy (non-hydrogen) atoms. The molecule has 0 saturated heterocycles. The summed E-state index contributed by atoms with van der Waals surface area (Å²) < 4.78 is 1.71. The molecule has 0 aromatic carbocycles. The first-order valence-electron chi connectivity index (χ1n) is 5.07. The van der Waals surface area contributed by atoms with Gasteiger partial charge in [0.2, 0.25) is 0 Å². The van der Waals surface area contributed by atoms with E-state index in [1.165, 1.54) is 0 Å². The summed E-state index contributed by atoms with van der Waals surface area (Å²) in [6.45, 7) is 1.92. The highest BCUT2D eigenvalue weighted by atomic mass is 35.5. The van der Waals surface area contributed by atoms with Gasteiger partial charge in [0.25, 0.3) is 0 Å². The fraction of sp³-hybridized carbons (Fsp3) is 0.182. The highest BCUT2D eigenvalue weighted by Crippen LogP contribution is 2.28. The van der Waals surface area contributed by atoms with Crippen LogP contribution in [0.2, 0.25) is 5.15 Å². The molecule has 0 unspecified atom stereocenters. The molecule has 3 aromatic rings. The third-order valence-electron chi connectivity index (χ3n) is 2.55. The van der Waals surface area contributed by atoms with Crippen LogP contribution >= 0.6 is 22.9 Å². The van der Waals surface area contributed by atoms with E-state index in [4.69, 9.17) is 11.6 Å². The lowest BCUT2D eigenvalue weighted by atomic mass is 10.3. The van der Waals surface area contributed by atoms with Gasteiger partial charge in [0.05, 0.1) is 10.6 Å². The highest BCUT2D eigenvalue weighted by Gasteiger charge is 2.14. The van der Waals surface area contributed by atoms with Crippen molar-refractivity contribution in [2.24, 2.45) is 7.05 Å². The molecule has 0 aliphatic rings. The van der Waals surface area contributed by atoms with Crippen LogP contribution in [-0.2, 0) is 7.05 Å². The van der Waals surface area contributed by atoms with Crippen LogP contribution in [0.5, 0.6) is 0 Å². The maximum absolute atomic E-state index is 6.19. The van der Waals surface area contributed by atoms with Crippen molar-refractivity contribution in [3.05, 3.63) is 28.4 Å². The van der Waals surface area contributed by atoms with Crippen molar-refractivity contribution >= 4 is 34.0 Å². The van der Waals surface area contributed by atoms with Crippen LogP contribution in [-0.4, -0.2) is 19.7 Å². The Morgan fingerprint density at radius 1 is 1.35 bits per heavy atom. The second-order valence-corrected chi connectivity index (χ2v) is 5.03. The summed E-state index contributed by atoms with van der Waals surface area (Å²) >= 11 is 7.79. The van der Waals surface area contributed by atoms with Gasteiger partial charge in [-0.05, 0) is 18.4 Å². The largest absolute Gasteiger partial charge is 0.263 e. The summed E-state index contributed by atoms with van der Waals surface area (Å²) in [5, 5.41) is 6.75. The molecule has 3 aromatic heterocycles. The Kier molecular flexibility index (Phi) is 2.38. The zero-order chi connectivity index (χ0) is 12.0. The summed E-state index contributed by atoms with van der Waals surface area (Å²) in [6.07, 6.45) is 0. The molecule has 3 heterocycles. The molecular formula is C11H9ClN4S. The van der Waals surface area contributed by atoms with Gasteiger partial charge in [-0.1, -0.05) is 17.7 Å².